The first-order chi connectivity index (χ1) is 8.73. The molecule has 0 aliphatic rings. The van der Waals surface area contributed by atoms with E-state index in [-0.39, 0.29) is 20.6 Å². The molecular formula is C9H8Br2FN5O2. The average molecular weight is 397 g/mol. The minimum absolute atomic E-state index is 0.0314. The second-order valence-corrected chi connectivity index (χ2v) is 4.90. The molecule has 0 saturated carbocycles. The largest absolute Gasteiger partial charge is 0.478 e. The minimum atomic E-state index is -1.50. The third-order valence-corrected chi connectivity index (χ3v) is 3.01. The van der Waals surface area contributed by atoms with E-state index in [0.29, 0.717) is 0 Å². The van der Waals surface area contributed by atoms with Crippen LogP contribution in [0.25, 0.3) is 0 Å². The lowest BCUT2D eigenvalue weighted by molar-refractivity contribution is 0.0692. The SMILES string of the molecule is NC(N)=NC(N)=Nc1c(Br)cc(Br)c(F)c1C(=O)O. The lowest BCUT2D eigenvalue weighted by atomic mass is 10.1. The predicted octanol–water partition coefficient (Wildman–Crippen LogP) is 1.27. The number of hydrogen-bond acceptors (Lipinski definition) is 2. The fraction of sp³-hybridized carbons (Fsp3) is 0. The van der Waals surface area contributed by atoms with Crippen LogP contribution in [0.1, 0.15) is 10.4 Å². The van der Waals surface area contributed by atoms with Crippen molar-refractivity contribution in [2.75, 3.05) is 0 Å². The van der Waals surface area contributed by atoms with Crippen LogP contribution in [0.4, 0.5) is 10.1 Å². The maximum Gasteiger partial charge on any atom is 0.341 e. The van der Waals surface area contributed by atoms with Crippen molar-refractivity contribution in [1.82, 2.24) is 0 Å². The van der Waals surface area contributed by atoms with Crippen molar-refractivity contribution in [3.8, 4) is 0 Å². The van der Waals surface area contributed by atoms with Crippen LogP contribution >= 0.6 is 31.9 Å². The lowest BCUT2D eigenvalue weighted by Gasteiger charge is -2.07. The van der Waals surface area contributed by atoms with Crippen molar-refractivity contribution in [2.24, 2.45) is 27.2 Å². The monoisotopic (exact) mass is 395 g/mol. The molecule has 0 aliphatic heterocycles. The fourth-order valence-electron chi connectivity index (χ4n) is 1.16. The van der Waals surface area contributed by atoms with E-state index in [4.69, 9.17) is 22.3 Å². The summed E-state index contributed by atoms with van der Waals surface area (Å²) in [7, 11) is 0. The minimum Gasteiger partial charge on any atom is -0.478 e. The second-order valence-electron chi connectivity index (χ2n) is 3.19. The summed E-state index contributed by atoms with van der Waals surface area (Å²) in [6, 6.07) is 1.30. The van der Waals surface area contributed by atoms with Gasteiger partial charge in [0.2, 0.25) is 5.96 Å². The van der Waals surface area contributed by atoms with Crippen molar-refractivity contribution < 1.29 is 14.3 Å². The summed E-state index contributed by atoms with van der Waals surface area (Å²) in [5, 5.41) is 9.01. The molecule has 102 valence electrons. The van der Waals surface area contributed by atoms with Gasteiger partial charge in [-0.05, 0) is 37.9 Å². The van der Waals surface area contributed by atoms with E-state index < -0.39 is 23.3 Å². The van der Waals surface area contributed by atoms with Gasteiger partial charge in [-0.25, -0.2) is 14.2 Å². The molecule has 0 unspecified atom stereocenters. The molecule has 7 N–H and O–H groups in total. The highest BCUT2D eigenvalue weighted by Gasteiger charge is 2.22. The number of nitrogens with two attached hydrogens (primary N) is 3. The van der Waals surface area contributed by atoms with Crippen LogP contribution in [-0.4, -0.2) is 23.0 Å². The third kappa shape index (κ3) is 3.64. The van der Waals surface area contributed by atoms with Gasteiger partial charge in [0.15, 0.2) is 11.8 Å². The summed E-state index contributed by atoms with van der Waals surface area (Å²) in [5.41, 5.74) is 14.7. The molecule has 0 heterocycles. The van der Waals surface area contributed by atoms with Crippen LogP contribution in [0, 0.1) is 5.82 Å². The Morgan fingerprint density at radius 2 is 1.84 bits per heavy atom. The van der Waals surface area contributed by atoms with Gasteiger partial charge in [0, 0.05) is 4.47 Å². The molecule has 1 aromatic carbocycles. The molecule has 0 atom stereocenters. The number of carbonyl (C=O) groups is 1. The van der Waals surface area contributed by atoms with Gasteiger partial charge in [-0.3, -0.25) is 0 Å². The summed E-state index contributed by atoms with van der Waals surface area (Å²) in [6.07, 6.45) is 0. The van der Waals surface area contributed by atoms with Crippen molar-refractivity contribution in [3.63, 3.8) is 0 Å². The number of guanidine groups is 2. The smallest absolute Gasteiger partial charge is 0.341 e. The molecule has 7 nitrogen and oxygen atoms in total. The summed E-state index contributed by atoms with van der Waals surface area (Å²) in [5.74, 6) is -3.24. The summed E-state index contributed by atoms with van der Waals surface area (Å²) < 4.78 is 13.9. The highest BCUT2D eigenvalue weighted by Crippen LogP contribution is 2.35. The van der Waals surface area contributed by atoms with E-state index in [2.05, 4.69) is 41.8 Å². The molecule has 1 aromatic rings. The predicted molar refractivity (Wildman–Crippen MR) is 75.9 cm³/mol. The Hall–Kier alpha value is -1.68. The zero-order chi connectivity index (χ0) is 14.7. The Bertz CT molecular complexity index is 599. The zero-order valence-electron chi connectivity index (χ0n) is 9.19. The second kappa shape index (κ2) is 5.97. The summed E-state index contributed by atoms with van der Waals surface area (Å²) >= 11 is 5.95. The van der Waals surface area contributed by atoms with E-state index in [1.54, 1.807) is 0 Å². The van der Waals surface area contributed by atoms with Gasteiger partial charge in [0.1, 0.15) is 5.56 Å². The van der Waals surface area contributed by atoms with Crippen LogP contribution in [0.15, 0.2) is 25.0 Å². The molecule has 10 heteroatoms. The first-order valence-corrected chi connectivity index (χ1v) is 6.17. The molecule has 0 radical (unpaired) electrons. The molecule has 0 bridgehead atoms. The van der Waals surface area contributed by atoms with Gasteiger partial charge in [-0.2, -0.15) is 4.99 Å². The van der Waals surface area contributed by atoms with E-state index >= 15 is 0 Å². The quantitative estimate of drug-likeness (QED) is 0.338. The van der Waals surface area contributed by atoms with Gasteiger partial charge in [0.25, 0.3) is 0 Å². The number of carboxylic acids is 1. The van der Waals surface area contributed by atoms with Crippen LogP contribution < -0.4 is 17.2 Å². The van der Waals surface area contributed by atoms with E-state index in [9.17, 15) is 9.18 Å². The number of aliphatic imine (C=N–C) groups is 2. The highest BCUT2D eigenvalue weighted by molar-refractivity contribution is 9.11. The first kappa shape index (κ1) is 15.4. The molecule has 1 rings (SSSR count). The number of benzene rings is 1. The first-order valence-electron chi connectivity index (χ1n) is 4.58. The maximum absolute atomic E-state index is 13.8. The Labute approximate surface area is 123 Å². The molecule has 0 spiro atoms. The molecule has 0 saturated heterocycles. The molecule has 0 aliphatic carbocycles. The Morgan fingerprint density at radius 1 is 1.26 bits per heavy atom. The summed E-state index contributed by atoms with van der Waals surface area (Å²) in [6.45, 7) is 0. The van der Waals surface area contributed by atoms with E-state index in [1.807, 2.05) is 0 Å². The standard InChI is InChI=1S/C9H8Br2FN5O2/c10-2-1-3(11)6(4(5(2)12)7(18)19)16-9(15)17-8(13)14/h1H,(H,18,19)(H6,13,14,15,16,17). The van der Waals surface area contributed by atoms with Crippen LogP contribution in [-0.2, 0) is 0 Å². The van der Waals surface area contributed by atoms with Gasteiger partial charge < -0.3 is 22.3 Å². The molecule has 0 fully saturated rings. The normalized spacial score (nSPS) is 11.2. The topological polar surface area (TPSA) is 140 Å². The van der Waals surface area contributed by atoms with Gasteiger partial charge >= 0.3 is 5.97 Å². The van der Waals surface area contributed by atoms with Crippen molar-refractivity contribution in [1.29, 1.82) is 0 Å². The molecule has 0 amide bonds. The van der Waals surface area contributed by atoms with Gasteiger partial charge in [-0.1, -0.05) is 0 Å². The van der Waals surface area contributed by atoms with Crippen molar-refractivity contribution in [2.45, 2.75) is 0 Å². The maximum atomic E-state index is 13.8. The van der Waals surface area contributed by atoms with Crippen LogP contribution in [0.3, 0.4) is 0 Å². The molecule has 19 heavy (non-hydrogen) atoms. The Kier molecular flexibility index (Phi) is 4.84. The van der Waals surface area contributed by atoms with E-state index in [1.165, 1.54) is 6.07 Å². The number of carboxylic acid groups (broad SMARTS) is 1. The average Bonchev–Trinajstić information content (AvgIpc) is 2.24. The number of halogens is 3. The number of nitrogens with zero attached hydrogens (tertiary/aromatic N) is 2. The van der Waals surface area contributed by atoms with Gasteiger partial charge in [0.05, 0.1) is 10.2 Å². The van der Waals surface area contributed by atoms with E-state index in [0.717, 1.165) is 0 Å². The third-order valence-electron chi connectivity index (χ3n) is 1.83. The van der Waals surface area contributed by atoms with Crippen LogP contribution in [0.2, 0.25) is 0 Å². The Morgan fingerprint density at radius 3 is 2.32 bits per heavy atom. The number of rotatable bonds is 2. The molecular weight excluding hydrogens is 389 g/mol. The van der Waals surface area contributed by atoms with Crippen molar-refractivity contribution >= 4 is 55.4 Å². The highest BCUT2D eigenvalue weighted by atomic mass is 79.9. The number of aromatic carboxylic acids is 1. The van der Waals surface area contributed by atoms with Gasteiger partial charge in [-0.15, -0.1) is 0 Å². The lowest BCUT2D eigenvalue weighted by Crippen LogP contribution is -2.26. The number of hydrogen-bond donors (Lipinski definition) is 4. The Balaban J connectivity index is 3.55. The fourth-order valence-corrected chi connectivity index (χ4v) is 2.41. The molecule has 0 aromatic heterocycles. The summed E-state index contributed by atoms with van der Waals surface area (Å²) in [4.78, 5) is 18.2. The van der Waals surface area contributed by atoms with Crippen molar-refractivity contribution in [3.05, 3.63) is 26.4 Å². The zero-order valence-corrected chi connectivity index (χ0v) is 12.4. The van der Waals surface area contributed by atoms with Crippen LogP contribution in [0.5, 0.6) is 0 Å².